The number of carbonyl (C=O) groups excluding carboxylic acids is 1. The van der Waals surface area contributed by atoms with Crippen molar-refractivity contribution in [3.63, 3.8) is 0 Å². The number of benzene rings is 1. The van der Waals surface area contributed by atoms with Crippen LogP contribution in [0.5, 0.6) is 0 Å². The Morgan fingerprint density at radius 3 is 2.75 bits per heavy atom. The summed E-state index contributed by atoms with van der Waals surface area (Å²) in [7, 11) is 0. The highest BCUT2D eigenvalue weighted by molar-refractivity contribution is 5.90. The molecule has 2 N–H and O–H groups in total. The van der Waals surface area contributed by atoms with Gasteiger partial charge in [0, 0.05) is 11.8 Å². The average Bonchev–Trinajstić information content (AvgIpc) is 2.88. The first kappa shape index (κ1) is 14.3. The van der Waals surface area contributed by atoms with Crippen LogP contribution in [0.4, 0.5) is 5.82 Å². The van der Waals surface area contributed by atoms with Crippen molar-refractivity contribution in [2.75, 3.05) is 11.9 Å². The molecular weight excluding hydrogens is 254 g/mol. The number of ether oxygens (including phenoxy) is 1. The van der Waals surface area contributed by atoms with Crippen LogP contribution in [0.1, 0.15) is 31.0 Å². The molecule has 1 amide bonds. The summed E-state index contributed by atoms with van der Waals surface area (Å²) in [6.07, 6.45) is 0. The summed E-state index contributed by atoms with van der Waals surface area (Å²) in [4.78, 5) is 11.7. The molecule has 1 aromatic carbocycles. The van der Waals surface area contributed by atoms with Crippen molar-refractivity contribution in [3.05, 3.63) is 47.7 Å². The van der Waals surface area contributed by atoms with Crippen LogP contribution < -0.4 is 5.32 Å². The van der Waals surface area contributed by atoms with E-state index in [0.29, 0.717) is 18.3 Å². The molecule has 5 heteroatoms. The van der Waals surface area contributed by atoms with Crippen molar-refractivity contribution in [1.82, 2.24) is 10.2 Å². The maximum absolute atomic E-state index is 11.7. The van der Waals surface area contributed by atoms with Crippen molar-refractivity contribution >= 4 is 11.7 Å². The molecule has 0 aliphatic heterocycles. The minimum absolute atomic E-state index is 0.0127. The summed E-state index contributed by atoms with van der Waals surface area (Å²) in [5, 5.41) is 9.62. The molecule has 0 aliphatic rings. The van der Waals surface area contributed by atoms with Gasteiger partial charge in [0.05, 0.1) is 6.61 Å². The SMILES string of the molecule is CC(C)c1cc(NC(=O)COCc2ccccc2)n[nH]1. The fourth-order valence-corrected chi connectivity index (χ4v) is 1.71. The van der Waals surface area contributed by atoms with Gasteiger partial charge in [-0.15, -0.1) is 0 Å². The largest absolute Gasteiger partial charge is 0.367 e. The molecule has 0 fully saturated rings. The average molecular weight is 273 g/mol. The Hall–Kier alpha value is -2.14. The molecule has 0 atom stereocenters. The molecule has 0 unspecified atom stereocenters. The van der Waals surface area contributed by atoms with Crippen molar-refractivity contribution < 1.29 is 9.53 Å². The molecule has 0 bridgehead atoms. The van der Waals surface area contributed by atoms with E-state index in [1.807, 2.05) is 36.4 Å². The van der Waals surface area contributed by atoms with Gasteiger partial charge < -0.3 is 10.1 Å². The molecule has 106 valence electrons. The van der Waals surface area contributed by atoms with E-state index in [-0.39, 0.29) is 12.5 Å². The lowest BCUT2D eigenvalue weighted by molar-refractivity contribution is -0.121. The summed E-state index contributed by atoms with van der Waals surface area (Å²) < 4.78 is 5.36. The molecule has 20 heavy (non-hydrogen) atoms. The number of aromatic nitrogens is 2. The van der Waals surface area contributed by atoms with Crippen LogP contribution >= 0.6 is 0 Å². The first-order chi connectivity index (χ1) is 9.65. The van der Waals surface area contributed by atoms with Crippen molar-refractivity contribution in [1.29, 1.82) is 0 Å². The van der Waals surface area contributed by atoms with Crippen molar-refractivity contribution in [2.24, 2.45) is 0 Å². The van der Waals surface area contributed by atoms with Gasteiger partial charge in [0.25, 0.3) is 5.91 Å². The predicted molar refractivity (Wildman–Crippen MR) is 77.4 cm³/mol. The second-order valence-electron chi connectivity index (χ2n) is 4.89. The molecule has 0 radical (unpaired) electrons. The van der Waals surface area contributed by atoms with Gasteiger partial charge in [-0.1, -0.05) is 44.2 Å². The van der Waals surface area contributed by atoms with Crippen LogP contribution in [0.25, 0.3) is 0 Å². The van der Waals surface area contributed by atoms with E-state index >= 15 is 0 Å². The van der Waals surface area contributed by atoms with E-state index in [0.717, 1.165) is 11.3 Å². The lowest BCUT2D eigenvalue weighted by atomic mass is 10.1. The monoisotopic (exact) mass is 273 g/mol. The third-order valence-corrected chi connectivity index (χ3v) is 2.83. The molecule has 1 aromatic heterocycles. The van der Waals surface area contributed by atoms with Gasteiger partial charge in [0.1, 0.15) is 6.61 Å². The Bertz CT molecular complexity index is 549. The Morgan fingerprint density at radius 1 is 1.35 bits per heavy atom. The molecule has 0 saturated heterocycles. The second-order valence-corrected chi connectivity index (χ2v) is 4.89. The predicted octanol–water partition coefficient (Wildman–Crippen LogP) is 2.69. The molecule has 5 nitrogen and oxygen atoms in total. The number of amides is 1. The third kappa shape index (κ3) is 4.20. The summed E-state index contributed by atoms with van der Waals surface area (Å²) in [5.41, 5.74) is 2.03. The molecular formula is C15H19N3O2. The van der Waals surface area contributed by atoms with Gasteiger partial charge in [-0.25, -0.2) is 0 Å². The number of carbonyl (C=O) groups is 1. The van der Waals surface area contributed by atoms with Crippen LogP contribution in [0.3, 0.4) is 0 Å². The third-order valence-electron chi connectivity index (χ3n) is 2.83. The van der Waals surface area contributed by atoms with Gasteiger partial charge in [-0.3, -0.25) is 9.89 Å². The van der Waals surface area contributed by atoms with Crippen LogP contribution in [-0.2, 0) is 16.1 Å². The highest BCUT2D eigenvalue weighted by atomic mass is 16.5. The molecule has 0 spiro atoms. The van der Waals surface area contributed by atoms with Crippen LogP contribution in [0.15, 0.2) is 36.4 Å². The van der Waals surface area contributed by atoms with Crippen molar-refractivity contribution in [2.45, 2.75) is 26.4 Å². The fraction of sp³-hybridized carbons (Fsp3) is 0.333. The van der Waals surface area contributed by atoms with Gasteiger partial charge >= 0.3 is 0 Å². The summed E-state index contributed by atoms with van der Waals surface area (Å²) >= 11 is 0. The number of aromatic amines is 1. The highest BCUT2D eigenvalue weighted by Crippen LogP contribution is 2.14. The summed E-state index contributed by atoms with van der Waals surface area (Å²) in [6.45, 7) is 4.55. The zero-order valence-corrected chi connectivity index (χ0v) is 11.7. The van der Waals surface area contributed by atoms with E-state index in [2.05, 4.69) is 29.4 Å². The maximum atomic E-state index is 11.7. The Kier molecular flexibility index (Phi) is 4.90. The van der Waals surface area contributed by atoms with E-state index in [1.165, 1.54) is 0 Å². The lowest BCUT2D eigenvalue weighted by Crippen LogP contribution is -2.18. The molecule has 0 saturated carbocycles. The minimum atomic E-state index is -0.206. The zero-order valence-electron chi connectivity index (χ0n) is 11.7. The van der Waals surface area contributed by atoms with E-state index in [9.17, 15) is 4.79 Å². The van der Waals surface area contributed by atoms with Crippen LogP contribution in [0, 0.1) is 0 Å². The Labute approximate surface area is 118 Å². The number of nitrogens with one attached hydrogen (secondary N) is 2. The minimum Gasteiger partial charge on any atom is -0.367 e. The topological polar surface area (TPSA) is 67.0 Å². The maximum Gasteiger partial charge on any atom is 0.251 e. The molecule has 2 aromatic rings. The molecule has 0 aliphatic carbocycles. The fourth-order valence-electron chi connectivity index (χ4n) is 1.71. The van der Waals surface area contributed by atoms with Gasteiger partial charge in [-0.05, 0) is 11.5 Å². The second kappa shape index (κ2) is 6.86. The van der Waals surface area contributed by atoms with Gasteiger partial charge in [0.2, 0.25) is 0 Å². The van der Waals surface area contributed by atoms with Crippen LogP contribution in [0.2, 0.25) is 0 Å². The van der Waals surface area contributed by atoms with Crippen molar-refractivity contribution in [3.8, 4) is 0 Å². The van der Waals surface area contributed by atoms with E-state index in [1.54, 1.807) is 0 Å². The lowest BCUT2D eigenvalue weighted by Gasteiger charge is -2.04. The van der Waals surface area contributed by atoms with E-state index < -0.39 is 0 Å². The first-order valence-electron chi connectivity index (χ1n) is 6.62. The number of hydrogen-bond donors (Lipinski definition) is 2. The smallest absolute Gasteiger partial charge is 0.251 e. The summed E-state index contributed by atoms with van der Waals surface area (Å²) in [6, 6.07) is 11.6. The standard InChI is InChI=1S/C15H19N3O2/c1-11(2)13-8-14(18-17-13)16-15(19)10-20-9-12-6-4-3-5-7-12/h3-8,11H,9-10H2,1-2H3,(H2,16,17,18,19). The Balaban J connectivity index is 1.75. The number of nitrogens with zero attached hydrogens (tertiary/aromatic N) is 1. The van der Waals surface area contributed by atoms with E-state index in [4.69, 9.17) is 4.74 Å². The Morgan fingerprint density at radius 2 is 2.10 bits per heavy atom. The molecule has 1 heterocycles. The van der Waals surface area contributed by atoms with Gasteiger partial charge in [-0.2, -0.15) is 5.10 Å². The number of H-pyrrole nitrogens is 1. The zero-order chi connectivity index (χ0) is 14.4. The van der Waals surface area contributed by atoms with Crippen LogP contribution in [-0.4, -0.2) is 22.7 Å². The van der Waals surface area contributed by atoms with Gasteiger partial charge in [0.15, 0.2) is 5.82 Å². The molecule has 2 rings (SSSR count). The summed E-state index contributed by atoms with van der Waals surface area (Å²) in [5.74, 6) is 0.673. The highest BCUT2D eigenvalue weighted by Gasteiger charge is 2.08. The first-order valence-corrected chi connectivity index (χ1v) is 6.62. The number of anilines is 1. The normalized spacial score (nSPS) is 10.8. The number of hydrogen-bond acceptors (Lipinski definition) is 3. The number of rotatable bonds is 6. The quantitative estimate of drug-likeness (QED) is 0.850.